The molecule has 1 aliphatic rings. The van der Waals surface area contributed by atoms with E-state index in [0.717, 1.165) is 19.3 Å². The van der Waals surface area contributed by atoms with Crippen LogP contribution in [0.15, 0.2) is 0 Å². The van der Waals surface area contributed by atoms with Gasteiger partial charge in [0.05, 0.1) is 25.1 Å². The Bertz CT molecular complexity index is 305. The standard InChI is InChI=1S/C11H23NO4S/c1-15-8-9-16-7-6-12-10-4-3-5-11(10)17(2,13)14/h10-12H,3-9H2,1-2H3. The molecule has 17 heavy (non-hydrogen) atoms. The van der Waals surface area contributed by atoms with Gasteiger partial charge in [0.1, 0.15) is 0 Å². The maximum atomic E-state index is 11.5. The van der Waals surface area contributed by atoms with Gasteiger partial charge in [0.2, 0.25) is 0 Å². The summed E-state index contributed by atoms with van der Waals surface area (Å²) in [5.41, 5.74) is 0. The molecule has 1 saturated carbocycles. The fourth-order valence-corrected chi connectivity index (χ4v) is 3.66. The summed E-state index contributed by atoms with van der Waals surface area (Å²) in [5.74, 6) is 0. The average Bonchev–Trinajstić information content (AvgIpc) is 2.71. The molecule has 0 aromatic rings. The quantitative estimate of drug-likeness (QED) is 0.635. The molecule has 102 valence electrons. The van der Waals surface area contributed by atoms with Crippen LogP contribution < -0.4 is 5.32 Å². The van der Waals surface area contributed by atoms with Crippen LogP contribution in [-0.4, -0.2) is 59.4 Å². The Balaban J connectivity index is 2.18. The fraction of sp³-hybridized carbons (Fsp3) is 1.00. The van der Waals surface area contributed by atoms with Gasteiger partial charge in [0, 0.05) is 26.0 Å². The van der Waals surface area contributed by atoms with Gasteiger partial charge in [0.25, 0.3) is 0 Å². The van der Waals surface area contributed by atoms with Gasteiger partial charge in [-0.05, 0) is 12.8 Å². The molecule has 1 N–H and O–H groups in total. The van der Waals surface area contributed by atoms with Crippen LogP contribution in [0, 0.1) is 0 Å². The first-order chi connectivity index (χ1) is 8.05. The van der Waals surface area contributed by atoms with Crippen LogP contribution in [0.25, 0.3) is 0 Å². The summed E-state index contributed by atoms with van der Waals surface area (Å²) in [4.78, 5) is 0. The van der Waals surface area contributed by atoms with E-state index >= 15 is 0 Å². The van der Waals surface area contributed by atoms with Crippen molar-refractivity contribution in [3.8, 4) is 0 Å². The van der Waals surface area contributed by atoms with Gasteiger partial charge in [-0.3, -0.25) is 0 Å². The van der Waals surface area contributed by atoms with Gasteiger partial charge in [-0.25, -0.2) is 8.42 Å². The summed E-state index contributed by atoms with van der Waals surface area (Å²) >= 11 is 0. The van der Waals surface area contributed by atoms with Gasteiger partial charge >= 0.3 is 0 Å². The predicted octanol–water partition coefficient (Wildman–Crippen LogP) is 0.205. The molecule has 0 saturated heterocycles. The van der Waals surface area contributed by atoms with E-state index in [1.54, 1.807) is 7.11 Å². The molecule has 2 unspecified atom stereocenters. The molecule has 0 amide bonds. The van der Waals surface area contributed by atoms with Crippen LogP contribution in [0.5, 0.6) is 0 Å². The molecule has 1 aliphatic carbocycles. The van der Waals surface area contributed by atoms with Gasteiger partial charge in [-0.1, -0.05) is 6.42 Å². The highest BCUT2D eigenvalue weighted by Gasteiger charge is 2.34. The molecule has 1 rings (SSSR count). The maximum absolute atomic E-state index is 11.5. The molecular formula is C11H23NO4S. The third-order valence-corrected chi connectivity index (χ3v) is 4.75. The monoisotopic (exact) mass is 265 g/mol. The number of hydrogen-bond acceptors (Lipinski definition) is 5. The largest absolute Gasteiger partial charge is 0.382 e. The van der Waals surface area contributed by atoms with Crippen LogP contribution >= 0.6 is 0 Å². The Morgan fingerprint density at radius 2 is 2.00 bits per heavy atom. The highest BCUT2D eigenvalue weighted by molar-refractivity contribution is 7.91. The van der Waals surface area contributed by atoms with Crippen molar-refractivity contribution >= 4 is 9.84 Å². The molecule has 0 aromatic heterocycles. The second kappa shape index (κ2) is 7.31. The van der Waals surface area contributed by atoms with Crippen molar-refractivity contribution < 1.29 is 17.9 Å². The summed E-state index contributed by atoms with van der Waals surface area (Å²) in [6.45, 7) is 2.46. The summed E-state index contributed by atoms with van der Waals surface area (Å²) in [6.07, 6.45) is 4.03. The van der Waals surface area contributed by atoms with E-state index in [1.807, 2.05) is 0 Å². The number of hydrogen-bond donors (Lipinski definition) is 1. The third kappa shape index (κ3) is 5.33. The smallest absolute Gasteiger partial charge is 0.151 e. The van der Waals surface area contributed by atoms with E-state index in [0.29, 0.717) is 26.4 Å². The van der Waals surface area contributed by atoms with Gasteiger partial charge in [0.15, 0.2) is 9.84 Å². The zero-order valence-corrected chi connectivity index (χ0v) is 11.5. The predicted molar refractivity (Wildman–Crippen MR) is 67.0 cm³/mol. The molecule has 1 fully saturated rings. The first kappa shape index (κ1) is 14.9. The topological polar surface area (TPSA) is 64.6 Å². The Hall–Kier alpha value is -0.170. The normalized spacial score (nSPS) is 25.3. The van der Waals surface area contributed by atoms with E-state index < -0.39 is 9.84 Å². The van der Waals surface area contributed by atoms with Crippen molar-refractivity contribution in [1.82, 2.24) is 5.32 Å². The molecule has 0 bridgehead atoms. The zero-order chi connectivity index (χ0) is 12.7. The number of methoxy groups -OCH3 is 1. The number of nitrogens with one attached hydrogen (secondary N) is 1. The van der Waals surface area contributed by atoms with Crippen LogP contribution in [0.1, 0.15) is 19.3 Å². The Kier molecular flexibility index (Phi) is 6.40. The molecule has 5 nitrogen and oxygen atoms in total. The van der Waals surface area contributed by atoms with Crippen LogP contribution in [0.2, 0.25) is 0 Å². The van der Waals surface area contributed by atoms with E-state index in [4.69, 9.17) is 9.47 Å². The van der Waals surface area contributed by atoms with E-state index in [9.17, 15) is 8.42 Å². The van der Waals surface area contributed by atoms with Crippen molar-refractivity contribution in [1.29, 1.82) is 0 Å². The molecule has 0 radical (unpaired) electrons. The first-order valence-corrected chi connectivity index (χ1v) is 8.00. The lowest BCUT2D eigenvalue weighted by Gasteiger charge is -2.19. The van der Waals surface area contributed by atoms with Crippen molar-refractivity contribution in [3.05, 3.63) is 0 Å². The molecule has 0 aromatic carbocycles. The second-order valence-corrected chi connectivity index (χ2v) is 6.73. The minimum absolute atomic E-state index is 0.0935. The lowest BCUT2D eigenvalue weighted by molar-refractivity contribution is 0.0711. The van der Waals surface area contributed by atoms with Gasteiger partial charge < -0.3 is 14.8 Å². The molecule has 0 heterocycles. The SMILES string of the molecule is COCCOCCNC1CCCC1S(C)(=O)=O. The number of ether oxygens (including phenoxy) is 2. The minimum Gasteiger partial charge on any atom is -0.382 e. The maximum Gasteiger partial charge on any atom is 0.151 e. The van der Waals surface area contributed by atoms with Crippen molar-refractivity contribution in [2.24, 2.45) is 0 Å². The zero-order valence-electron chi connectivity index (χ0n) is 10.6. The Morgan fingerprint density at radius 3 is 2.65 bits per heavy atom. The first-order valence-electron chi connectivity index (χ1n) is 6.04. The minimum atomic E-state index is -2.93. The summed E-state index contributed by atoms with van der Waals surface area (Å²) in [6, 6.07) is 0.0935. The van der Waals surface area contributed by atoms with E-state index in [2.05, 4.69) is 5.32 Å². The number of sulfone groups is 1. The van der Waals surface area contributed by atoms with E-state index in [-0.39, 0.29) is 11.3 Å². The highest BCUT2D eigenvalue weighted by Crippen LogP contribution is 2.24. The lowest BCUT2D eigenvalue weighted by atomic mass is 10.2. The van der Waals surface area contributed by atoms with Crippen LogP contribution in [0.4, 0.5) is 0 Å². The third-order valence-electron chi connectivity index (χ3n) is 3.09. The molecular weight excluding hydrogens is 242 g/mol. The van der Waals surface area contributed by atoms with Gasteiger partial charge in [-0.2, -0.15) is 0 Å². The Morgan fingerprint density at radius 1 is 1.24 bits per heavy atom. The van der Waals surface area contributed by atoms with Crippen LogP contribution in [-0.2, 0) is 19.3 Å². The van der Waals surface area contributed by atoms with E-state index in [1.165, 1.54) is 6.26 Å². The molecule has 0 spiro atoms. The summed E-state index contributed by atoms with van der Waals surface area (Å²) in [5, 5.41) is 3.05. The molecule has 6 heteroatoms. The lowest BCUT2D eigenvalue weighted by Crippen LogP contribution is -2.41. The van der Waals surface area contributed by atoms with Gasteiger partial charge in [-0.15, -0.1) is 0 Å². The van der Waals surface area contributed by atoms with Crippen molar-refractivity contribution in [2.45, 2.75) is 30.6 Å². The Labute approximate surface area is 104 Å². The molecule has 0 aliphatic heterocycles. The number of rotatable bonds is 8. The average molecular weight is 265 g/mol. The van der Waals surface area contributed by atoms with Crippen molar-refractivity contribution in [2.75, 3.05) is 39.7 Å². The summed E-state index contributed by atoms with van der Waals surface area (Å²) < 4.78 is 33.2. The van der Waals surface area contributed by atoms with Crippen molar-refractivity contribution in [3.63, 3.8) is 0 Å². The highest BCUT2D eigenvalue weighted by atomic mass is 32.2. The summed E-state index contributed by atoms with van der Waals surface area (Å²) in [7, 11) is -1.29. The van der Waals surface area contributed by atoms with Crippen LogP contribution in [0.3, 0.4) is 0 Å². The fourth-order valence-electron chi connectivity index (χ4n) is 2.23. The molecule has 2 atom stereocenters. The second-order valence-electron chi connectivity index (χ2n) is 4.46.